The predicted octanol–water partition coefficient (Wildman–Crippen LogP) is 5.99. The molecule has 1 aromatic heterocycles. The molecule has 4 nitrogen and oxygen atoms in total. The number of aromatic nitrogens is 1. The number of halogens is 3. The topological polar surface area (TPSA) is 51.5 Å². The largest absolute Gasteiger partial charge is 0.489 e. The molecule has 0 radical (unpaired) electrons. The highest BCUT2D eigenvalue weighted by Gasteiger charge is 2.29. The van der Waals surface area contributed by atoms with Crippen LogP contribution in [-0.4, -0.2) is 15.6 Å². The van der Waals surface area contributed by atoms with Crippen molar-refractivity contribution in [3.05, 3.63) is 90.1 Å². The summed E-state index contributed by atoms with van der Waals surface area (Å²) < 4.78 is 45.8. The summed E-state index contributed by atoms with van der Waals surface area (Å²) in [5.74, 6) is -0.272. The Kier molecular flexibility index (Phi) is 5.42. The maximum absolute atomic E-state index is 12.8. The average molecular weight is 425 g/mol. The molecule has 31 heavy (non-hydrogen) atoms. The molecule has 0 bridgehead atoms. The zero-order chi connectivity index (χ0) is 22.0. The van der Waals surface area contributed by atoms with Gasteiger partial charge in [-0.25, -0.2) is 0 Å². The van der Waals surface area contributed by atoms with Gasteiger partial charge in [-0.1, -0.05) is 30.3 Å². The third-order valence-corrected chi connectivity index (χ3v) is 4.93. The van der Waals surface area contributed by atoms with Crippen LogP contribution in [0, 0.1) is 0 Å². The van der Waals surface area contributed by atoms with Crippen LogP contribution in [0.1, 0.15) is 11.1 Å². The fourth-order valence-corrected chi connectivity index (χ4v) is 3.41. The first-order valence-electron chi connectivity index (χ1n) is 9.50. The fraction of sp³-hybridized carbons (Fsp3) is 0.125. The molecule has 0 spiro atoms. The summed E-state index contributed by atoms with van der Waals surface area (Å²) in [6, 6.07) is 19.8. The van der Waals surface area contributed by atoms with Crippen LogP contribution >= 0.6 is 0 Å². The third-order valence-electron chi connectivity index (χ3n) is 4.93. The van der Waals surface area contributed by atoms with E-state index in [0.717, 1.165) is 34.2 Å². The van der Waals surface area contributed by atoms with Crippen LogP contribution in [0.25, 0.3) is 22.0 Å². The Hall–Kier alpha value is -3.74. The van der Waals surface area contributed by atoms with Gasteiger partial charge in [-0.05, 0) is 59.2 Å². The molecular formula is C24H18F3NO3. The Morgan fingerprint density at radius 2 is 1.71 bits per heavy atom. The maximum Gasteiger partial charge on any atom is 0.416 e. The molecule has 0 aliphatic rings. The number of carboxylic acids is 1. The van der Waals surface area contributed by atoms with Gasteiger partial charge < -0.3 is 14.4 Å². The second kappa shape index (κ2) is 8.18. The molecule has 0 atom stereocenters. The Balaban J connectivity index is 1.47. The third kappa shape index (κ3) is 4.71. The van der Waals surface area contributed by atoms with Crippen molar-refractivity contribution >= 4 is 16.9 Å². The first kappa shape index (κ1) is 20.5. The number of carboxylic acid groups (broad SMARTS) is 1. The first-order valence-corrected chi connectivity index (χ1v) is 9.50. The second-order valence-electron chi connectivity index (χ2n) is 7.12. The molecule has 1 N–H and O–H groups in total. The number of rotatable bonds is 6. The molecule has 0 aliphatic heterocycles. The van der Waals surface area contributed by atoms with Crippen molar-refractivity contribution in [3.63, 3.8) is 0 Å². The van der Waals surface area contributed by atoms with Crippen molar-refractivity contribution in [1.82, 2.24) is 4.57 Å². The predicted molar refractivity (Wildman–Crippen MR) is 111 cm³/mol. The van der Waals surface area contributed by atoms with E-state index in [9.17, 15) is 18.0 Å². The van der Waals surface area contributed by atoms with Gasteiger partial charge in [0.15, 0.2) is 0 Å². The Bertz CT molecular complexity index is 1230. The van der Waals surface area contributed by atoms with E-state index in [1.807, 2.05) is 42.5 Å². The van der Waals surface area contributed by atoms with Gasteiger partial charge in [-0.2, -0.15) is 13.2 Å². The summed E-state index contributed by atoms with van der Waals surface area (Å²) in [6.07, 6.45) is -2.64. The summed E-state index contributed by atoms with van der Waals surface area (Å²) in [7, 11) is 0. The maximum atomic E-state index is 12.8. The molecule has 4 rings (SSSR count). The second-order valence-corrected chi connectivity index (χ2v) is 7.12. The van der Waals surface area contributed by atoms with Crippen LogP contribution in [-0.2, 0) is 24.1 Å². The SMILES string of the molecule is O=C(O)Cn1ccc2cc(OCc3cccc(-c4ccc(C(F)(F)F)cc4)c3)ccc21. The van der Waals surface area contributed by atoms with Gasteiger partial charge in [0.1, 0.15) is 18.9 Å². The number of carbonyl (C=O) groups is 1. The number of alkyl halides is 3. The zero-order valence-corrected chi connectivity index (χ0v) is 16.3. The standard InChI is InChI=1S/C24H18F3NO3/c25-24(26,27)20-6-4-17(5-7-20)18-3-1-2-16(12-18)15-31-21-8-9-22-19(13-21)10-11-28(22)14-23(29)30/h1-13H,14-15H2,(H,29,30). The Morgan fingerprint density at radius 1 is 0.935 bits per heavy atom. The highest BCUT2D eigenvalue weighted by molar-refractivity contribution is 5.83. The van der Waals surface area contributed by atoms with E-state index in [2.05, 4.69) is 0 Å². The van der Waals surface area contributed by atoms with Crippen molar-refractivity contribution in [1.29, 1.82) is 0 Å². The molecule has 158 valence electrons. The number of ether oxygens (including phenoxy) is 1. The quantitative estimate of drug-likeness (QED) is 0.413. The van der Waals surface area contributed by atoms with Crippen LogP contribution in [0.5, 0.6) is 5.75 Å². The molecule has 0 amide bonds. The number of hydrogen-bond donors (Lipinski definition) is 1. The van der Waals surface area contributed by atoms with Crippen LogP contribution in [0.2, 0.25) is 0 Å². The Morgan fingerprint density at radius 3 is 2.42 bits per heavy atom. The summed E-state index contributed by atoms with van der Waals surface area (Å²) in [4.78, 5) is 10.9. The molecular weight excluding hydrogens is 407 g/mol. The smallest absolute Gasteiger partial charge is 0.416 e. The van der Waals surface area contributed by atoms with E-state index < -0.39 is 17.7 Å². The van der Waals surface area contributed by atoms with Crippen LogP contribution in [0.4, 0.5) is 13.2 Å². The average Bonchev–Trinajstić information content (AvgIpc) is 3.13. The van der Waals surface area contributed by atoms with E-state index >= 15 is 0 Å². The van der Waals surface area contributed by atoms with Crippen LogP contribution in [0.15, 0.2) is 79.0 Å². The molecule has 3 aromatic carbocycles. The van der Waals surface area contributed by atoms with Gasteiger partial charge in [-0.3, -0.25) is 4.79 Å². The highest BCUT2D eigenvalue weighted by atomic mass is 19.4. The molecule has 0 aliphatic carbocycles. The summed E-state index contributed by atoms with van der Waals surface area (Å²) in [5, 5.41) is 9.84. The van der Waals surface area contributed by atoms with Crippen LogP contribution < -0.4 is 4.74 Å². The lowest BCUT2D eigenvalue weighted by Crippen LogP contribution is -2.07. The van der Waals surface area contributed by atoms with E-state index in [1.165, 1.54) is 12.1 Å². The number of benzene rings is 3. The van der Waals surface area contributed by atoms with E-state index in [-0.39, 0.29) is 13.2 Å². The minimum atomic E-state index is -4.36. The summed E-state index contributed by atoms with van der Waals surface area (Å²) in [6.45, 7) is 0.177. The summed E-state index contributed by atoms with van der Waals surface area (Å²) in [5.41, 5.74) is 2.50. The highest BCUT2D eigenvalue weighted by Crippen LogP contribution is 2.31. The molecule has 0 saturated heterocycles. The lowest BCUT2D eigenvalue weighted by molar-refractivity contribution is -0.138. The monoisotopic (exact) mass is 425 g/mol. The fourth-order valence-electron chi connectivity index (χ4n) is 3.41. The van der Waals surface area contributed by atoms with Gasteiger partial charge in [0.2, 0.25) is 0 Å². The summed E-state index contributed by atoms with van der Waals surface area (Å²) >= 11 is 0. The normalized spacial score (nSPS) is 11.6. The number of hydrogen-bond acceptors (Lipinski definition) is 2. The van der Waals surface area contributed by atoms with Gasteiger partial charge in [0, 0.05) is 17.1 Å². The van der Waals surface area contributed by atoms with Gasteiger partial charge >= 0.3 is 12.1 Å². The minimum absolute atomic E-state index is 0.111. The van der Waals surface area contributed by atoms with E-state index in [4.69, 9.17) is 9.84 Å². The van der Waals surface area contributed by atoms with Crippen molar-refractivity contribution in [3.8, 4) is 16.9 Å². The first-order chi connectivity index (χ1) is 14.8. The number of nitrogens with zero attached hydrogens (tertiary/aromatic N) is 1. The van der Waals surface area contributed by atoms with Crippen molar-refractivity contribution in [2.24, 2.45) is 0 Å². The van der Waals surface area contributed by atoms with Crippen LogP contribution in [0.3, 0.4) is 0 Å². The van der Waals surface area contributed by atoms with Crippen molar-refractivity contribution < 1.29 is 27.8 Å². The van der Waals surface area contributed by atoms with Gasteiger partial charge in [-0.15, -0.1) is 0 Å². The van der Waals surface area contributed by atoms with E-state index in [0.29, 0.717) is 11.3 Å². The molecule has 7 heteroatoms. The zero-order valence-electron chi connectivity index (χ0n) is 16.3. The molecule has 0 fully saturated rings. The lowest BCUT2D eigenvalue weighted by atomic mass is 10.0. The molecule has 0 unspecified atom stereocenters. The van der Waals surface area contributed by atoms with Gasteiger partial charge in [0.05, 0.1) is 5.56 Å². The molecule has 1 heterocycles. The minimum Gasteiger partial charge on any atom is -0.489 e. The molecule has 0 saturated carbocycles. The van der Waals surface area contributed by atoms with Crippen molar-refractivity contribution in [2.45, 2.75) is 19.3 Å². The van der Waals surface area contributed by atoms with E-state index in [1.54, 1.807) is 16.8 Å². The number of fused-ring (bicyclic) bond motifs is 1. The lowest BCUT2D eigenvalue weighted by Gasteiger charge is -2.10. The molecule has 4 aromatic rings. The van der Waals surface area contributed by atoms with Gasteiger partial charge in [0.25, 0.3) is 0 Å². The van der Waals surface area contributed by atoms with Crippen molar-refractivity contribution in [2.75, 3.05) is 0 Å². The Labute approximate surface area is 176 Å². The number of aliphatic carboxylic acids is 1.